The van der Waals surface area contributed by atoms with E-state index in [0.717, 1.165) is 16.8 Å². The van der Waals surface area contributed by atoms with Crippen molar-refractivity contribution in [2.45, 2.75) is 19.6 Å². The highest BCUT2D eigenvalue weighted by Crippen LogP contribution is 2.28. The summed E-state index contributed by atoms with van der Waals surface area (Å²) in [4.78, 5) is 10.6. The van der Waals surface area contributed by atoms with E-state index >= 15 is 0 Å². The molecule has 0 bridgehead atoms. The molecule has 1 aromatic heterocycles. The van der Waals surface area contributed by atoms with Crippen LogP contribution in [0.1, 0.15) is 16.7 Å². The first-order chi connectivity index (χ1) is 9.47. The van der Waals surface area contributed by atoms with Crippen LogP contribution in [0, 0.1) is 13.8 Å². The Hall–Kier alpha value is -1.75. The molecule has 0 aliphatic carbocycles. The average Bonchev–Trinajstić information content (AvgIpc) is 2.70. The van der Waals surface area contributed by atoms with Gasteiger partial charge in [0.05, 0.1) is 11.4 Å². The van der Waals surface area contributed by atoms with Crippen LogP contribution in [0.25, 0.3) is 11.3 Å². The van der Waals surface area contributed by atoms with Crippen molar-refractivity contribution >= 4 is 17.7 Å². The van der Waals surface area contributed by atoms with Gasteiger partial charge in [-0.15, -0.1) is 11.8 Å². The van der Waals surface area contributed by atoms with E-state index in [1.54, 1.807) is 4.68 Å². The molecule has 0 atom stereocenters. The van der Waals surface area contributed by atoms with Gasteiger partial charge in [-0.3, -0.25) is 9.48 Å². The molecule has 0 saturated carbocycles. The Morgan fingerprint density at radius 3 is 2.80 bits per heavy atom. The maximum Gasteiger partial charge on any atom is 0.313 e. The summed E-state index contributed by atoms with van der Waals surface area (Å²) in [7, 11) is 1.89. The molecular formula is C15H18N2O2S. The molecule has 1 aromatic carbocycles. The number of carbonyl (C=O) groups is 1. The molecule has 0 aliphatic rings. The molecule has 0 unspecified atom stereocenters. The summed E-state index contributed by atoms with van der Waals surface area (Å²) in [6, 6.07) is 6.29. The fourth-order valence-corrected chi connectivity index (χ4v) is 2.91. The highest BCUT2D eigenvalue weighted by atomic mass is 32.2. The monoisotopic (exact) mass is 290 g/mol. The lowest BCUT2D eigenvalue weighted by atomic mass is 10.0. The van der Waals surface area contributed by atoms with E-state index in [1.165, 1.54) is 22.9 Å². The second-order valence-electron chi connectivity index (χ2n) is 4.88. The van der Waals surface area contributed by atoms with Crippen LogP contribution in [0.2, 0.25) is 0 Å². The molecule has 2 aromatic rings. The Bertz CT molecular complexity index is 635. The van der Waals surface area contributed by atoms with E-state index in [0.29, 0.717) is 5.75 Å². The minimum Gasteiger partial charge on any atom is -0.481 e. The minimum atomic E-state index is -0.785. The van der Waals surface area contributed by atoms with Crippen LogP contribution >= 0.6 is 11.8 Å². The van der Waals surface area contributed by atoms with Crippen LogP contribution in [0.4, 0.5) is 0 Å². The lowest BCUT2D eigenvalue weighted by Gasteiger charge is -2.06. The van der Waals surface area contributed by atoms with Crippen molar-refractivity contribution < 1.29 is 9.90 Å². The van der Waals surface area contributed by atoms with Gasteiger partial charge in [0.1, 0.15) is 0 Å². The smallest absolute Gasteiger partial charge is 0.313 e. The van der Waals surface area contributed by atoms with Gasteiger partial charge < -0.3 is 5.11 Å². The summed E-state index contributed by atoms with van der Waals surface area (Å²) in [6.45, 7) is 4.14. The maximum absolute atomic E-state index is 10.6. The Morgan fingerprint density at radius 1 is 1.40 bits per heavy atom. The lowest BCUT2D eigenvalue weighted by molar-refractivity contribution is -0.133. The normalized spacial score (nSPS) is 10.8. The van der Waals surface area contributed by atoms with Crippen molar-refractivity contribution in [3.05, 3.63) is 41.1 Å². The highest BCUT2D eigenvalue weighted by Gasteiger charge is 2.13. The number of carboxylic acids is 1. The molecule has 0 fully saturated rings. The van der Waals surface area contributed by atoms with Crippen molar-refractivity contribution in [3.63, 3.8) is 0 Å². The Kier molecular flexibility index (Phi) is 4.49. The maximum atomic E-state index is 10.6. The molecule has 0 aliphatic heterocycles. The van der Waals surface area contributed by atoms with Gasteiger partial charge in [0.25, 0.3) is 0 Å². The SMILES string of the molecule is Cc1ccc(-c2nn(C)cc2CSCC(=O)O)c(C)c1. The van der Waals surface area contributed by atoms with Gasteiger partial charge >= 0.3 is 5.97 Å². The van der Waals surface area contributed by atoms with E-state index in [9.17, 15) is 4.79 Å². The fourth-order valence-electron chi connectivity index (χ4n) is 2.20. The average molecular weight is 290 g/mol. The van der Waals surface area contributed by atoms with Crippen molar-refractivity contribution in [2.24, 2.45) is 7.05 Å². The van der Waals surface area contributed by atoms with Crippen LogP contribution in [-0.2, 0) is 17.6 Å². The molecule has 0 amide bonds. The second-order valence-corrected chi connectivity index (χ2v) is 5.87. The standard InChI is InChI=1S/C15H18N2O2S/c1-10-4-5-13(11(2)6-10)15-12(7-17(3)16-15)8-20-9-14(18)19/h4-7H,8-9H2,1-3H3,(H,18,19). The third-order valence-electron chi connectivity index (χ3n) is 3.02. The zero-order valence-electron chi connectivity index (χ0n) is 11.9. The number of nitrogens with zero attached hydrogens (tertiary/aromatic N) is 2. The van der Waals surface area contributed by atoms with Crippen LogP contribution in [0.15, 0.2) is 24.4 Å². The van der Waals surface area contributed by atoms with Crippen molar-refractivity contribution in [1.82, 2.24) is 9.78 Å². The van der Waals surface area contributed by atoms with E-state index in [2.05, 4.69) is 37.1 Å². The molecule has 1 heterocycles. The first-order valence-electron chi connectivity index (χ1n) is 6.37. The molecule has 2 rings (SSSR count). The third-order valence-corrected chi connectivity index (χ3v) is 3.99. The molecule has 4 nitrogen and oxygen atoms in total. The molecule has 20 heavy (non-hydrogen) atoms. The molecule has 5 heteroatoms. The Morgan fingerprint density at radius 2 is 2.15 bits per heavy atom. The predicted octanol–water partition coefficient (Wildman–Crippen LogP) is 3.02. The summed E-state index contributed by atoms with van der Waals surface area (Å²) in [5.74, 6) is -0.0174. The van der Waals surface area contributed by atoms with Gasteiger partial charge in [0.2, 0.25) is 0 Å². The highest BCUT2D eigenvalue weighted by molar-refractivity contribution is 7.99. The van der Waals surface area contributed by atoms with Gasteiger partial charge in [-0.2, -0.15) is 5.10 Å². The number of benzene rings is 1. The zero-order chi connectivity index (χ0) is 14.7. The topological polar surface area (TPSA) is 55.1 Å². The number of aromatic nitrogens is 2. The van der Waals surface area contributed by atoms with Crippen molar-refractivity contribution in [2.75, 3.05) is 5.75 Å². The first kappa shape index (κ1) is 14.7. The summed E-state index contributed by atoms with van der Waals surface area (Å²) < 4.78 is 1.78. The number of aliphatic carboxylic acids is 1. The summed E-state index contributed by atoms with van der Waals surface area (Å²) in [5, 5.41) is 13.2. The van der Waals surface area contributed by atoms with Gasteiger partial charge in [-0.05, 0) is 19.4 Å². The molecule has 0 saturated heterocycles. The van der Waals surface area contributed by atoms with Gasteiger partial charge in [0.15, 0.2) is 0 Å². The zero-order valence-corrected chi connectivity index (χ0v) is 12.7. The van der Waals surface area contributed by atoms with E-state index in [1.807, 2.05) is 13.2 Å². The number of carboxylic acid groups (broad SMARTS) is 1. The van der Waals surface area contributed by atoms with Crippen molar-refractivity contribution in [1.29, 1.82) is 0 Å². The van der Waals surface area contributed by atoms with Crippen LogP contribution in [0.3, 0.4) is 0 Å². The van der Waals surface area contributed by atoms with Crippen molar-refractivity contribution in [3.8, 4) is 11.3 Å². The Labute approximate surface area is 122 Å². The van der Waals surface area contributed by atoms with Crippen LogP contribution in [-0.4, -0.2) is 26.6 Å². The molecule has 0 spiro atoms. The van der Waals surface area contributed by atoms with Gasteiger partial charge in [-0.1, -0.05) is 23.8 Å². The largest absolute Gasteiger partial charge is 0.481 e. The number of hydrogen-bond donors (Lipinski definition) is 1. The quantitative estimate of drug-likeness (QED) is 0.919. The van der Waals surface area contributed by atoms with E-state index in [-0.39, 0.29) is 5.75 Å². The predicted molar refractivity (Wildman–Crippen MR) is 81.9 cm³/mol. The Balaban J connectivity index is 2.29. The molecule has 106 valence electrons. The number of rotatable bonds is 5. The van der Waals surface area contributed by atoms with Gasteiger partial charge in [-0.25, -0.2) is 0 Å². The molecular weight excluding hydrogens is 272 g/mol. The summed E-state index contributed by atoms with van der Waals surface area (Å²) in [5.41, 5.74) is 5.55. The number of hydrogen-bond acceptors (Lipinski definition) is 3. The van der Waals surface area contributed by atoms with E-state index in [4.69, 9.17) is 5.11 Å². The molecule has 1 N–H and O–H groups in total. The summed E-state index contributed by atoms with van der Waals surface area (Å²) in [6.07, 6.45) is 1.96. The first-order valence-corrected chi connectivity index (χ1v) is 7.52. The number of aryl methyl sites for hydroxylation is 3. The second kappa shape index (κ2) is 6.13. The van der Waals surface area contributed by atoms with Gasteiger partial charge in [0, 0.05) is 30.1 Å². The van der Waals surface area contributed by atoms with E-state index < -0.39 is 5.97 Å². The molecule has 0 radical (unpaired) electrons. The fraction of sp³-hybridized carbons (Fsp3) is 0.333. The lowest BCUT2D eigenvalue weighted by Crippen LogP contribution is -1.98. The summed E-state index contributed by atoms with van der Waals surface area (Å²) >= 11 is 1.39. The van der Waals surface area contributed by atoms with Crippen LogP contribution < -0.4 is 0 Å². The number of thioether (sulfide) groups is 1. The van der Waals surface area contributed by atoms with Crippen LogP contribution in [0.5, 0.6) is 0 Å². The third kappa shape index (κ3) is 3.42. The minimum absolute atomic E-state index is 0.112.